The summed E-state index contributed by atoms with van der Waals surface area (Å²) in [5.74, 6) is 0. The van der Waals surface area contributed by atoms with E-state index < -0.39 is 16.1 Å². The lowest BCUT2D eigenvalue weighted by Crippen LogP contribution is -3.00. The summed E-state index contributed by atoms with van der Waals surface area (Å²) in [6.07, 6.45) is -0.793. The Morgan fingerprint density at radius 2 is 1.68 bits per heavy atom. The van der Waals surface area contributed by atoms with Gasteiger partial charge in [-0.2, -0.15) is 0 Å². The second kappa shape index (κ2) is 9.20. The van der Waals surface area contributed by atoms with Crippen molar-refractivity contribution in [1.29, 1.82) is 0 Å². The molecule has 0 aliphatic carbocycles. The Bertz CT molecular complexity index is 773. The van der Waals surface area contributed by atoms with Gasteiger partial charge in [0.05, 0.1) is 23.2 Å². The molecule has 0 heterocycles. The molecule has 0 bridgehead atoms. The van der Waals surface area contributed by atoms with Crippen LogP contribution in [0.5, 0.6) is 0 Å². The van der Waals surface area contributed by atoms with Gasteiger partial charge in [0.15, 0.2) is 0 Å². The van der Waals surface area contributed by atoms with Crippen LogP contribution < -0.4 is 16.7 Å². The van der Waals surface area contributed by atoms with Gasteiger partial charge in [0.25, 0.3) is 10.0 Å². The minimum atomic E-state index is -3.75. The molecule has 2 aromatic rings. The molecule has 5 nitrogen and oxygen atoms in total. The summed E-state index contributed by atoms with van der Waals surface area (Å²) in [4.78, 5) is 2.04. The molecule has 0 fully saturated rings. The van der Waals surface area contributed by atoms with E-state index >= 15 is 0 Å². The van der Waals surface area contributed by atoms with Crippen LogP contribution in [0.3, 0.4) is 0 Å². The van der Waals surface area contributed by atoms with E-state index in [9.17, 15) is 13.5 Å². The van der Waals surface area contributed by atoms with Crippen LogP contribution in [0, 0.1) is 6.92 Å². The fourth-order valence-corrected chi connectivity index (χ4v) is 4.03. The first-order chi connectivity index (χ1) is 11.3. The molecular weight excluding hydrogens is 360 g/mol. The number of rotatable bonds is 7. The Kier molecular flexibility index (Phi) is 7.89. The number of aryl methyl sites for hydroxylation is 1. The number of benzene rings is 2. The summed E-state index contributed by atoms with van der Waals surface area (Å²) in [7, 11) is -0.0685. The van der Waals surface area contributed by atoms with Crippen molar-refractivity contribution in [3.05, 3.63) is 60.2 Å². The van der Waals surface area contributed by atoms with Crippen LogP contribution >= 0.6 is 0 Å². The first kappa shape index (κ1) is 21.4. The zero-order valence-electron chi connectivity index (χ0n) is 15.6. The highest BCUT2D eigenvalue weighted by Gasteiger charge is 2.27. The molecule has 1 N–H and O–H groups in total. The molecule has 2 rings (SSSR count). The van der Waals surface area contributed by atoms with Gasteiger partial charge in [0.1, 0.15) is 0 Å². The predicted molar refractivity (Wildman–Crippen MR) is 97.8 cm³/mol. The van der Waals surface area contributed by atoms with Crippen LogP contribution in [0.2, 0.25) is 0 Å². The van der Waals surface area contributed by atoms with Crippen LogP contribution in [0.1, 0.15) is 6.99 Å². The number of hydrogen-bond acceptors (Lipinski definition) is 4. The predicted octanol–water partition coefficient (Wildman–Crippen LogP) is -0.771. The quantitative estimate of drug-likeness (QED) is 0.681. The van der Waals surface area contributed by atoms with Crippen molar-refractivity contribution in [1.82, 2.24) is 4.90 Å². The van der Waals surface area contributed by atoms with Gasteiger partial charge in [0.2, 0.25) is 0 Å². The number of hydrogen-bond donors (Lipinski definition) is 1. The standard InChI is InChI=1S/C18H24N2O3S.ClH/c1-15-8-7-9-16(12-15)20(14-17(21)13-19(2)3)24(22,23)18-10-5-4-6-11-18;/h4-12,17,21H,13-14H2,1-3H3;1H. The normalized spacial score (nSPS) is 12.5. The van der Waals surface area contributed by atoms with Crippen molar-refractivity contribution in [3.63, 3.8) is 0 Å². The molecule has 1 atom stereocenters. The van der Waals surface area contributed by atoms with Crippen molar-refractivity contribution in [3.8, 4) is 0 Å². The summed E-state index contributed by atoms with van der Waals surface area (Å²) in [5, 5.41) is 10.3. The zero-order chi connectivity index (χ0) is 17.7. The maximum absolute atomic E-state index is 13.1. The lowest BCUT2D eigenvalue weighted by Gasteiger charge is -2.28. The molecule has 2 aromatic carbocycles. The molecule has 0 aromatic heterocycles. The SMILES string of the molecule is Cc1cccc(N(CC(O)CN(C)C)S(=O)(=O)c2ccccc2)c1.[Cl-].[H+]. The van der Waals surface area contributed by atoms with Gasteiger partial charge in [-0.15, -0.1) is 0 Å². The average Bonchev–Trinajstić information content (AvgIpc) is 2.52. The molecule has 0 aliphatic heterocycles. The third kappa shape index (κ3) is 5.71. The fraction of sp³-hybridized carbons (Fsp3) is 0.333. The van der Waals surface area contributed by atoms with E-state index in [-0.39, 0.29) is 25.3 Å². The van der Waals surface area contributed by atoms with Gasteiger partial charge in [-0.05, 0) is 50.8 Å². The third-order valence-electron chi connectivity index (χ3n) is 3.57. The third-order valence-corrected chi connectivity index (χ3v) is 5.38. The minimum Gasteiger partial charge on any atom is -1.00 e. The molecule has 0 saturated heterocycles. The minimum absolute atomic E-state index is 0. The van der Waals surface area contributed by atoms with Crippen LogP contribution in [0.15, 0.2) is 59.5 Å². The lowest BCUT2D eigenvalue weighted by atomic mass is 10.2. The second-order valence-electron chi connectivity index (χ2n) is 6.10. The summed E-state index contributed by atoms with van der Waals surface area (Å²) < 4.78 is 27.4. The van der Waals surface area contributed by atoms with Crippen molar-refractivity contribution >= 4 is 15.7 Å². The largest absolute Gasteiger partial charge is 1.00 e. The van der Waals surface area contributed by atoms with Gasteiger partial charge in [-0.3, -0.25) is 4.31 Å². The Morgan fingerprint density at radius 1 is 1.04 bits per heavy atom. The van der Waals surface area contributed by atoms with Gasteiger partial charge in [-0.25, -0.2) is 8.42 Å². The molecule has 7 heteroatoms. The molecule has 0 saturated carbocycles. The average molecular weight is 385 g/mol. The Morgan fingerprint density at radius 3 is 2.24 bits per heavy atom. The monoisotopic (exact) mass is 384 g/mol. The van der Waals surface area contributed by atoms with Crippen molar-refractivity contribution in [2.75, 3.05) is 31.5 Å². The maximum atomic E-state index is 13.1. The lowest BCUT2D eigenvalue weighted by molar-refractivity contribution is -0.00000967. The van der Waals surface area contributed by atoms with E-state index in [1.165, 1.54) is 4.31 Å². The smallest absolute Gasteiger partial charge is 1.00 e. The molecule has 0 aliphatic rings. The number of sulfonamides is 1. The zero-order valence-corrected chi connectivity index (χ0v) is 16.2. The molecule has 1 unspecified atom stereocenters. The Labute approximate surface area is 157 Å². The number of anilines is 1. The van der Waals surface area contributed by atoms with Crippen LogP contribution in [0.25, 0.3) is 0 Å². The molecule has 25 heavy (non-hydrogen) atoms. The van der Waals surface area contributed by atoms with Crippen LogP contribution in [0.4, 0.5) is 5.69 Å². The summed E-state index contributed by atoms with van der Waals surface area (Å²) >= 11 is 0. The second-order valence-corrected chi connectivity index (χ2v) is 7.97. The van der Waals surface area contributed by atoms with E-state index in [1.807, 2.05) is 44.1 Å². The van der Waals surface area contributed by atoms with E-state index in [1.54, 1.807) is 36.4 Å². The molecule has 138 valence electrons. The van der Waals surface area contributed by atoms with E-state index in [0.717, 1.165) is 5.56 Å². The van der Waals surface area contributed by atoms with Crippen molar-refractivity contribution in [2.45, 2.75) is 17.9 Å². The number of aliphatic hydroxyl groups is 1. The Hall–Kier alpha value is -1.60. The molecular formula is C18H25ClN2O3S. The summed E-state index contributed by atoms with van der Waals surface area (Å²) in [5.41, 5.74) is 1.51. The van der Waals surface area contributed by atoms with E-state index in [4.69, 9.17) is 0 Å². The summed E-state index contributed by atoms with van der Waals surface area (Å²) in [6.45, 7) is 2.29. The Balaban J connectivity index is 0.00000312. The molecule has 0 spiro atoms. The van der Waals surface area contributed by atoms with Gasteiger partial charge < -0.3 is 22.4 Å². The molecule has 0 radical (unpaired) electrons. The topological polar surface area (TPSA) is 60.9 Å². The first-order valence-electron chi connectivity index (χ1n) is 7.78. The van der Waals surface area contributed by atoms with Crippen molar-refractivity contribution in [2.24, 2.45) is 0 Å². The fourth-order valence-electron chi connectivity index (χ4n) is 2.52. The van der Waals surface area contributed by atoms with Crippen LogP contribution in [-0.2, 0) is 10.0 Å². The van der Waals surface area contributed by atoms with E-state index in [0.29, 0.717) is 12.2 Å². The van der Waals surface area contributed by atoms with Gasteiger partial charge in [0, 0.05) is 6.54 Å². The number of halogens is 1. The number of aliphatic hydroxyl groups excluding tert-OH is 1. The highest BCUT2D eigenvalue weighted by molar-refractivity contribution is 7.92. The highest BCUT2D eigenvalue weighted by atomic mass is 35.5. The summed E-state index contributed by atoms with van der Waals surface area (Å²) in [6, 6.07) is 15.6. The first-order valence-corrected chi connectivity index (χ1v) is 9.22. The number of nitrogens with zero attached hydrogens (tertiary/aromatic N) is 2. The van der Waals surface area contributed by atoms with Gasteiger partial charge in [-0.1, -0.05) is 30.3 Å². The van der Waals surface area contributed by atoms with Gasteiger partial charge >= 0.3 is 1.43 Å². The molecule has 0 amide bonds. The number of likely N-dealkylation sites (N-methyl/N-ethyl adjacent to an activating group) is 1. The maximum Gasteiger partial charge on any atom is 1.00 e. The van der Waals surface area contributed by atoms with E-state index in [2.05, 4.69) is 0 Å². The van der Waals surface area contributed by atoms with Crippen LogP contribution in [-0.4, -0.2) is 51.7 Å². The highest BCUT2D eigenvalue weighted by Crippen LogP contribution is 2.24. The van der Waals surface area contributed by atoms with Crippen molar-refractivity contribution < 1.29 is 27.4 Å².